The number of halogens is 1. The second-order valence-corrected chi connectivity index (χ2v) is 6.14. The van der Waals surface area contributed by atoms with Gasteiger partial charge in [-0.3, -0.25) is 4.79 Å². The number of hydrogen-bond acceptors (Lipinski definition) is 4. The molecular formula is C16H20ClNO4. The van der Waals surface area contributed by atoms with Gasteiger partial charge in [-0.15, -0.1) is 0 Å². The Morgan fingerprint density at radius 3 is 2.50 bits per heavy atom. The number of carbonyl (C=O) groups excluding carboxylic acids is 1. The van der Waals surface area contributed by atoms with Gasteiger partial charge in [-0.1, -0.05) is 11.6 Å². The number of ether oxygens (including phenoxy) is 3. The Labute approximate surface area is 135 Å². The first kappa shape index (κ1) is 15.6. The molecule has 6 heteroatoms. The van der Waals surface area contributed by atoms with Crippen molar-refractivity contribution in [2.75, 3.05) is 33.4 Å². The number of piperidine rings is 1. The number of rotatable bonds is 2. The monoisotopic (exact) mass is 325 g/mol. The van der Waals surface area contributed by atoms with E-state index in [9.17, 15) is 4.79 Å². The van der Waals surface area contributed by atoms with Crippen molar-refractivity contribution >= 4 is 17.5 Å². The van der Waals surface area contributed by atoms with E-state index in [-0.39, 0.29) is 5.91 Å². The van der Waals surface area contributed by atoms with Crippen molar-refractivity contribution in [3.63, 3.8) is 0 Å². The van der Waals surface area contributed by atoms with Gasteiger partial charge >= 0.3 is 0 Å². The number of nitrogens with zero attached hydrogens (tertiary/aromatic N) is 1. The summed E-state index contributed by atoms with van der Waals surface area (Å²) in [5.41, 5.74) is 1.37. The molecule has 1 amide bonds. The molecule has 0 radical (unpaired) electrons. The summed E-state index contributed by atoms with van der Waals surface area (Å²) in [6.07, 6.45) is 1.39. The zero-order valence-electron chi connectivity index (χ0n) is 12.9. The Morgan fingerprint density at radius 1 is 1.27 bits per heavy atom. The molecule has 0 aliphatic carbocycles. The maximum Gasteiger partial charge on any atom is 0.257 e. The minimum absolute atomic E-state index is 0.0599. The predicted molar refractivity (Wildman–Crippen MR) is 82.5 cm³/mol. The van der Waals surface area contributed by atoms with Crippen LogP contribution in [0.1, 0.15) is 28.8 Å². The molecule has 0 aromatic heterocycles. The van der Waals surface area contributed by atoms with Gasteiger partial charge in [0.15, 0.2) is 5.79 Å². The Balaban J connectivity index is 1.78. The van der Waals surface area contributed by atoms with Gasteiger partial charge in [-0.05, 0) is 24.6 Å². The van der Waals surface area contributed by atoms with E-state index in [1.165, 1.54) is 0 Å². The minimum Gasteiger partial charge on any atom is -0.496 e. The summed E-state index contributed by atoms with van der Waals surface area (Å²) in [7, 11) is 1.57. The minimum atomic E-state index is -0.481. The third kappa shape index (κ3) is 2.81. The maximum absolute atomic E-state index is 12.8. The molecule has 0 atom stereocenters. The standard InChI is InChI=1S/C16H20ClNO4/c1-11-9-12(17)10-13(14(11)20-2)15(19)18-5-3-16(4-6-18)21-7-8-22-16/h9-10H,3-8H2,1-2H3. The Hall–Kier alpha value is -1.30. The third-order valence-corrected chi connectivity index (χ3v) is 4.52. The normalized spacial score (nSPS) is 20.4. The highest BCUT2D eigenvalue weighted by Gasteiger charge is 2.41. The van der Waals surface area contributed by atoms with Crippen molar-refractivity contribution in [2.45, 2.75) is 25.6 Å². The van der Waals surface area contributed by atoms with Gasteiger partial charge in [0, 0.05) is 31.0 Å². The highest BCUT2D eigenvalue weighted by atomic mass is 35.5. The van der Waals surface area contributed by atoms with Crippen LogP contribution in [0, 0.1) is 6.92 Å². The largest absolute Gasteiger partial charge is 0.496 e. The quantitative estimate of drug-likeness (QED) is 0.838. The van der Waals surface area contributed by atoms with E-state index in [4.69, 9.17) is 25.8 Å². The highest BCUT2D eigenvalue weighted by Crippen LogP contribution is 2.34. The Bertz CT molecular complexity index is 574. The molecule has 22 heavy (non-hydrogen) atoms. The molecule has 5 nitrogen and oxygen atoms in total. The fourth-order valence-electron chi connectivity index (χ4n) is 3.17. The van der Waals surface area contributed by atoms with Crippen LogP contribution >= 0.6 is 11.6 Å². The molecule has 1 aromatic carbocycles. The van der Waals surface area contributed by atoms with Gasteiger partial charge in [-0.25, -0.2) is 0 Å². The zero-order chi connectivity index (χ0) is 15.7. The number of carbonyl (C=O) groups is 1. The van der Waals surface area contributed by atoms with Crippen molar-refractivity contribution in [2.24, 2.45) is 0 Å². The molecule has 2 aliphatic heterocycles. The summed E-state index contributed by atoms with van der Waals surface area (Å²) >= 11 is 6.09. The van der Waals surface area contributed by atoms with Crippen molar-refractivity contribution in [3.05, 3.63) is 28.3 Å². The van der Waals surface area contributed by atoms with E-state index in [1.54, 1.807) is 19.2 Å². The summed E-state index contributed by atoms with van der Waals surface area (Å²) in [5.74, 6) is 0.0452. The first-order valence-electron chi connectivity index (χ1n) is 7.46. The topological polar surface area (TPSA) is 48.0 Å². The average molecular weight is 326 g/mol. The number of aryl methyl sites for hydroxylation is 1. The van der Waals surface area contributed by atoms with Crippen LogP contribution in [0.2, 0.25) is 5.02 Å². The summed E-state index contributed by atoms with van der Waals surface area (Å²) in [5, 5.41) is 0.539. The fraction of sp³-hybridized carbons (Fsp3) is 0.562. The van der Waals surface area contributed by atoms with E-state index in [1.807, 2.05) is 11.8 Å². The van der Waals surface area contributed by atoms with E-state index in [0.29, 0.717) is 55.5 Å². The van der Waals surface area contributed by atoms with Gasteiger partial charge in [0.1, 0.15) is 5.75 Å². The Morgan fingerprint density at radius 2 is 1.91 bits per heavy atom. The number of methoxy groups -OCH3 is 1. The molecule has 120 valence electrons. The summed E-state index contributed by atoms with van der Waals surface area (Å²) in [6, 6.07) is 3.46. The number of benzene rings is 1. The molecule has 1 aromatic rings. The van der Waals surface area contributed by atoms with Crippen LogP contribution in [-0.2, 0) is 9.47 Å². The first-order chi connectivity index (χ1) is 10.5. The zero-order valence-corrected chi connectivity index (χ0v) is 13.6. The molecule has 0 unspecified atom stereocenters. The molecule has 0 saturated carbocycles. The lowest BCUT2D eigenvalue weighted by Crippen LogP contribution is -2.47. The lowest BCUT2D eigenvalue weighted by Gasteiger charge is -2.37. The fourth-order valence-corrected chi connectivity index (χ4v) is 3.44. The van der Waals surface area contributed by atoms with Gasteiger partial charge in [0.25, 0.3) is 5.91 Å². The van der Waals surface area contributed by atoms with Crippen LogP contribution in [-0.4, -0.2) is 50.0 Å². The van der Waals surface area contributed by atoms with Gasteiger partial charge < -0.3 is 19.1 Å². The molecule has 0 bridgehead atoms. The smallest absolute Gasteiger partial charge is 0.257 e. The van der Waals surface area contributed by atoms with Crippen LogP contribution in [0.3, 0.4) is 0 Å². The summed E-state index contributed by atoms with van der Waals surface area (Å²) in [4.78, 5) is 14.6. The molecule has 2 saturated heterocycles. The predicted octanol–water partition coefficient (Wildman–Crippen LogP) is 2.64. The van der Waals surface area contributed by atoms with Crippen molar-refractivity contribution in [3.8, 4) is 5.75 Å². The number of likely N-dealkylation sites (tertiary alicyclic amines) is 1. The van der Waals surface area contributed by atoms with E-state index in [0.717, 1.165) is 5.56 Å². The van der Waals surface area contributed by atoms with Crippen molar-refractivity contribution in [1.29, 1.82) is 0 Å². The lowest BCUT2D eigenvalue weighted by atomic mass is 10.0. The Kier molecular flexibility index (Phi) is 4.30. The molecule has 3 rings (SSSR count). The first-order valence-corrected chi connectivity index (χ1v) is 7.84. The molecule has 2 fully saturated rings. The van der Waals surface area contributed by atoms with Crippen LogP contribution in [0.5, 0.6) is 5.75 Å². The molecule has 0 N–H and O–H groups in total. The van der Waals surface area contributed by atoms with Crippen LogP contribution in [0.25, 0.3) is 0 Å². The van der Waals surface area contributed by atoms with Crippen molar-refractivity contribution in [1.82, 2.24) is 4.90 Å². The second kappa shape index (κ2) is 6.07. The van der Waals surface area contributed by atoms with E-state index in [2.05, 4.69) is 0 Å². The summed E-state index contributed by atoms with van der Waals surface area (Å²) in [6.45, 7) is 4.36. The van der Waals surface area contributed by atoms with Gasteiger partial charge in [-0.2, -0.15) is 0 Å². The highest BCUT2D eigenvalue weighted by molar-refractivity contribution is 6.31. The molecule has 2 heterocycles. The maximum atomic E-state index is 12.8. The van der Waals surface area contributed by atoms with Crippen LogP contribution < -0.4 is 4.74 Å². The van der Waals surface area contributed by atoms with Crippen molar-refractivity contribution < 1.29 is 19.0 Å². The second-order valence-electron chi connectivity index (χ2n) is 5.70. The molecular weight excluding hydrogens is 306 g/mol. The van der Waals surface area contributed by atoms with Gasteiger partial charge in [0.2, 0.25) is 0 Å². The summed E-state index contributed by atoms with van der Waals surface area (Å²) < 4.78 is 16.8. The third-order valence-electron chi connectivity index (χ3n) is 4.30. The lowest BCUT2D eigenvalue weighted by molar-refractivity contribution is -0.181. The van der Waals surface area contributed by atoms with Crippen LogP contribution in [0.4, 0.5) is 0 Å². The number of hydrogen-bond donors (Lipinski definition) is 0. The average Bonchev–Trinajstić information content (AvgIpc) is 2.95. The molecule has 1 spiro atoms. The van der Waals surface area contributed by atoms with Gasteiger partial charge in [0.05, 0.1) is 25.9 Å². The SMILES string of the molecule is COc1c(C)cc(Cl)cc1C(=O)N1CCC2(CC1)OCCO2. The van der Waals surface area contributed by atoms with Crippen LogP contribution in [0.15, 0.2) is 12.1 Å². The van der Waals surface area contributed by atoms with E-state index >= 15 is 0 Å². The molecule has 2 aliphatic rings. The number of amides is 1. The van der Waals surface area contributed by atoms with E-state index < -0.39 is 5.79 Å².